The van der Waals surface area contributed by atoms with Gasteiger partial charge in [0.05, 0.1) is 33.8 Å². The smallest absolute Gasteiger partial charge is 0.140 e. The first-order chi connectivity index (χ1) is 15.3. The van der Waals surface area contributed by atoms with Crippen molar-refractivity contribution in [2.45, 2.75) is 38.1 Å². The van der Waals surface area contributed by atoms with Crippen LogP contribution in [0.25, 0.3) is 22.0 Å². The summed E-state index contributed by atoms with van der Waals surface area (Å²) >= 11 is 7.79. The Kier molecular flexibility index (Phi) is 5.25. The van der Waals surface area contributed by atoms with E-state index in [0.29, 0.717) is 33.7 Å². The summed E-state index contributed by atoms with van der Waals surface area (Å²) in [6.07, 6.45) is 0.655. The molecule has 0 amide bonds. The Bertz CT molecular complexity index is 1300. The van der Waals surface area contributed by atoms with E-state index in [1.165, 1.54) is 6.07 Å². The van der Waals surface area contributed by atoms with Gasteiger partial charge in [-0.3, -0.25) is 0 Å². The molecule has 4 nitrogen and oxygen atoms in total. The van der Waals surface area contributed by atoms with Crippen LogP contribution in [0.2, 0.25) is 5.02 Å². The second-order valence-electron chi connectivity index (χ2n) is 8.60. The Morgan fingerprint density at radius 2 is 2.03 bits per heavy atom. The molecule has 0 fully saturated rings. The number of thiophene rings is 1. The van der Waals surface area contributed by atoms with Gasteiger partial charge < -0.3 is 20.7 Å². The molecule has 8 heteroatoms. The van der Waals surface area contributed by atoms with Gasteiger partial charge in [-0.05, 0) is 31.4 Å². The second-order valence-corrected chi connectivity index (χ2v) is 10.0. The molecule has 3 heterocycles. The minimum atomic E-state index is -0.946. The number of aliphatic hydroxyl groups is 1. The van der Waals surface area contributed by atoms with Crippen molar-refractivity contribution >= 4 is 39.5 Å². The highest BCUT2D eigenvalue weighted by Crippen LogP contribution is 2.44. The molecule has 0 spiro atoms. The average Bonchev–Trinajstić information content (AvgIpc) is 3.39. The van der Waals surface area contributed by atoms with Crippen molar-refractivity contribution in [3.8, 4) is 11.1 Å². The molecule has 0 radical (unpaired) electrons. The number of aliphatic hydroxyl groups excluding tert-OH is 1. The van der Waals surface area contributed by atoms with Crippen LogP contribution in [0.5, 0.6) is 0 Å². The third-order valence-corrected chi connectivity index (χ3v) is 7.28. The van der Waals surface area contributed by atoms with Crippen LogP contribution in [0.3, 0.4) is 0 Å². The van der Waals surface area contributed by atoms with Crippen LogP contribution in [-0.2, 0) is 6.54 Å². The maximum absolute atomic E-state index is 16.1. The van der Waals surface area contributed by atoms with Crippen LogP contribution >= 0.6 is 22.9 Å². The van der Waals surface area contributed by atoms with E-state index in [0.717, 1.165) is 4.88 Å². The van der Waals surface area contributed by atoms with Crippen molar-refractivity contribution in [3.05, 3.63) is 75.1 Å². The Morgan fingerprint density at radius 3 is 2.78 bits per heavy atom. The van der Waals surface area contributed by atoms with Crippen molar-refractivity contribution in [1.82, 2.24) is 10.3 Å². The Labute approximate surface area is 193 Å². The van der Waals surface area contributed by atoms with Crippen molar-refractivity contribution in [2.75, 3.05) is 5.32 Å². The van der Waals surface area contributed by atoms with Gasteiger partial charge in [0.25, 0.3) is 0 Å². The van der Waals surface area contributed by atoms with Gasteiger partial charge in [0.1, 0.15) is 11.6 Å². The molecule has 4 N–H and O–H groups in total. The summed E-state index contributed by atoms with van der Waals surface area (Å²) in [7, 11) is 0. The van der Waals surface area contributed by atoms with Gasteiger partial charge in [-0.15, -0.1) is 11.3 Å². The monoisotopic (exact) mass is 473 g/mol. The molecule has 0 saturated heterocycles. The minimum absolute atomic E-state index is 0.149. The summed E-state index contributed by atoms with van der Waals surface area (Å²) in [6, 6.07) is 9.67. The minimum Gasteiger partial charge on any atom is -0.389 e. The van der Waals surface area contributed by atoms with E-state index in [-0.39, 0.29) is 11.1 Å². The number of aromatic nitrogens is 1. The molecular formula is C24H22ClF2N3OS. The molecular weight excluding hydrogens is 452 g/mol. The lowest BCUT2D eigenvalue weighted by atomic mass is 9.81. The van der Waals surface area contributed by atoms with Crippen LogP contribution in [0, 0.1) is 11.6 Å². The van der Waals surface area contributed by atoms with Gasteiger partial charge in [-0.25, -0.2) is 8.78 Å². The molecule has 0 bridgehead atoms. The van der Waals surface area contributed by atoms with Gasteiger partial charge in [-0.1, -0.05) is 35.9 Å². The lowest BCUT2D eigenvalue weighted by molar-refractivity contribution is 0.0664. The lowest BCUT2D eigenvalue weighted by Crippen LogP contribution is -2.54. The summed E-state index contributed by atoms with van der Waals surface area (Å²) in [6.45, 7) is 4.08. The first-order valence-corrected chi connectivity index (χ1v) is 11.5. The summed E-state index contributed by atoms with van der Waals surface area (Å²) in [5.41, 5.74) is 0.558. The zero-order chi connectivity index (χ0) is 22.6. The van der Waals surface area contributed by atoms with Crippen molar-refractivity contribution < 1.29 is 13.9 Å². The van der Waals surface area contributed by atoms with Crippen molar-refractivity contribution in [3.63, 3.8) is 0 Å². The third-order valence-electron chi connectivity index (χ3n) is 6.09. The summed E-state index contributed by atoms with van der Waals surface area (Å²) in [5, 5.41) is 20.6. The molecule has 5 rings (SSSR count). The number of fused-ring (bicyclic) bond motifs is 2. The van der Waals surface area contributed by atoms with Gasteiger partial charge >= 0.3 is 0 Å². The van der Waals surface area contributed by atoms with Crippen LogP contribution in [0.15, 0.2) is 48.0 Å². The SMILES string of the molecule is CC1(C)Nc2cc(F)c(-c3cccc4c(Cl)c[nH]c34)c(F)c2[C@H](NCc2cccs2)C1O. The maximum Gasteiger partial charge on any atom is 0.140 e. The van der Waals surface area contributed by atoms with Crippen molar-refractivity contribution in [2.24, 2.45) is 0 Å². The third kappa shape index (κ3) is 3.40. The Balaban J connectivity index is 1.68. The van der Waals surface area contributed by atoms with Gasteiger partial charge in [-0.2, -0.15) is 0 Å². The predicted octanol–water partition coefficient (Wildman–Crippen LogP) is 6.22. The molecule has 1 aliphatic heterocycles. The van der Waals surface area contributed by atoms with E-state index in [9.17, 15) is 5.11 Å². The molecule has 32 heavy (non-hydrogen) atoms. The number of hydrogen-bond donors (Lipinski definition) is 4. The number of benzene rings is 2. The van der Waals surface area contributed by atoms with E-state index >= 15 is 8.78 Å². The zero-order valence-corrected chi connectivity index (χ0v) is 19.0. The molecule has 166 valence electrons. The summed E-state index contributed by atoms with van der Waals surface area (Å²) in [5.74, 6) is -1.39. The quantitative estimate of drug-likeness (QED) is 0.284. The normalized spacial score (nSPS) is 19.7. The van der Waals surface area contributed by atoms with E-state index < -0.39 is 29.3 Å². The largest absolute Gasteiger partial charge is 0.389 e. The van der Waals surface area contributed by atoms with Gasteiger partial charge in [0, 0.05) is 39.8 Å². The zero-order valence-electron chi connectivity index (χ0n) is 17.5. The molecule has 0 aliphatic carbocycles. The fraction of sp³-hybridized carbons (Fsp3) is 0.250. The first kappa shape index (κ1) is 21.4. The van der Waals surface area contributed by atoms with Crippen LogP contribution < -0.4 is 10.6 Å². The highest BCUT2D eigenvalue weighted by Gasteiger charge is 2.43. The second kappa shape index (κ2) is 7.85. The van der Waals surface area contributed by atoms with E-state index in [4.69, 9.17) is 11.6 Å². The summed E-state index contributed by atoms with van der Waals surface area (Å²) < 4.78 is 31.4. The van der Waals surface area contributed by atoms with Gasteiger partial charge in [0.2, 0.25) is 0 Å². The number of anilines is 1. The van der Waals surface area contributed by atoms with E-state index in [1.807, 2.05) is 31.4 Å². The standard InChI is InChI=1S/C24H22ClF2N3OS/c1-24(2)23(31)22(28-10-12-5-4-8-32-12)19-17(30-24)9-16(26)18(20(19)27)14-7-3-6-13-15(25)11-29-21(13)14/h3-9,11,22-23,28-31H,10H2,1-2H3/t22-,23?/m0/s1. The number of halogens is 3. The number of para-hydroxylation sites is 1. The molecule has 4 aromatic rings. The number of nitrogens with one attached hydrogen (secondary N) is 3. The van der Waals surface area contributed by atoms with E-state index in [1.54, 1.807) is 35.7 Å². The molecule has 0 saturated carbocycles. The highest BCUT2D eigenvalue weighted by molar-refractivity contribution is 7.09. The summed E-state index contributed by atoms with van der Waals surface area (Å²) in [4.78, 5) is 4.08. The average molecular weight is 474 g/mol. The highest BCUT2D eigenvalue weighted by atomic mass is 35.5. The molecule has 2 atom stereocenters. The van der Waals surface area contributed by atoms with Crippen LogP contribution in [0.1, 0.15) is 30.3 Å². The Hall–Kier alpha value is -2.45. The number of aromatic amines is 1. The fourth-order valence-electron chi connectivity index (χ4n) is 4.45. The van der Waals surface area contributed by atoms with E-state index in [2.05, 4.69) is 15.6 Å². The number of H-pyrrole nitrogens is 1. The topological polar surface area (TPSA) is 60.1 Å². The number of hydrogen-bond acceptors (Lipinski definition) is 4. The van der Waals surface area contributed by atoms with Crippen molar-refractivity contribution in [1.29, 1.82) is 0 Å². The number of rotatable bonds is 4. The lowest BCUT2D eigenvalue weighted by Gasteiger charge is -2.44. The fourth-order valence-corrected chi connectivity index (χ4v) is 5.32. The Morgan fingerprint density at radius 1 is 1.22 bits per heavy atom. The maximum atomic E-state index is 16.1. The molecule has 2 aromatic heterocycles. The van der Waals surface area contributed by atoms with Crippen LogP contribution in [0.4, 0.5) is 14.5 Å². The van der Waals surface area contributed by atoms with Gasteiger partial charge in [0.15, 0.2) is 0 Å². The molecule has 1 aliphatic rings. The molecule has 1 unspecified atom stereocenters. The molecule has 2 aromatic carbocycles. The van der Waals surface area contributed by atoms with Crippen LogP contribution in [-0.4, -0.2) is 21.7 Å². The first-order valence-electron chi connectivity index (χ1n) is 10.3. The predicted molar refractivity (Wildman–Crippen MR) is 126 cm³/mol.